The van der Waals surface area contributed by atoms with Crippen LogP contribution in [-0.4, -0.2) is 4.98 Å². The number of benzene rings is 2. The summed E-state index contributed by atoms with van der Waals surface area (Å²) in [7, 11) is 0. The lowest BCUT2D eigenvalue weighted by Gasteiger charge is -2.08. The van der Waals surface area contributed by atoms with Gasteiger partial charge >= 0.3 is 0 Å². The molecule has 0 fully saturated rings. The first-order valence-electron chi connectivity index (χ1n) is 6.13. The molecular weight excluding hydrogens is 252 g/mol. The van der Waals surface area contributed by atoms with Crippen LogP contribution >= 0.6 is 11.9 Å². The Morgan fingerprint density at radius 1 is 0.842 bits per heavy atom. The summed E-state index contributed by atoms with van der Waals surface area (Å²) in [4.78, 5) is 4.42. The van der Waals surface area contributed by atoms with Crippen molar-refractivity contribution in [1.82, 2.24) is 9.71 Å². The average molecular weight is 266 g/mol. The molecule has 1 aliphatic heterocycles. The summed E-state index contributed by atoms with van der Waals surface area (Å²) in [6.07, 6.45) is 5.98. The maximum absolute atomic E-state index is 3.12. The molecule has 1 aromatic heterocycles. The third-order valence-corrected chi connectivity index (χ3v) is 3.73. The first-order chi connectivity index (χ1) is 9.43. The minimum Gasteiger partial charge on any atom is -0.361 e. The first-order valence-corrected chi connectivity index (χ1v) is 6.95. The van der Waals surface area contributed by atoms with Crippen molar-refractivity contribution in [3.63, 3.8) is 0 Å². The lowest BCUT2D eigenvalue weighted by atomic mass is 10.2. The number of fused-ring (bicyclic) bond motifs is 2. The monoisotopic (exact) mass is 266 g/mol. The highest BCUT2D eigenvalue weighted by Gasteiger charge is 2.00. The minimum atomic E-state index is 1.21. The molecule has 2 aromatic carbocycles. The van der Waals surface area contributed by atoms with E-state index in [1.165, 1.54) is 21.4 Å². The van der Waals surface area contributed by atoms with Gasteiger partial charge < -0.3 is 9.71 Å². The number of hydrogen-bond donors (Lipinski definition) is 2. The maximum atomic E-state index is 3.12. The van der Waals surface area contributed by atoms with Gasteiger partial charge in [-0.25, -0.2) is 0 Å². The molecule has 0 unspecified atom stereocenters. The number of hydrogen-bond acceptors (Lipinski definition) is 2. The van der Waals surface area contributed by atoms with Gasteiger partial charge in [0, 0.05) is 22.8 Å². The fourth-order valence-corrected chi connectivity index (χ4v) is 2.59. The van der Waals surface area contributed by atoms with Crippen molar-refractivity contribution in [3.05, 3.63) is 72.6 Å². The van der Waals surface area contributed by atoms with Crippen LogP contribution < -0.4 is 4.72 Å². The van der Waals surface area contributed by atoms with Gasteiger partial charge in [-0.2, -0.15) is 0 Å². The SMILES string of the molecule is C1=Cc2ccccc2SN1.c1ccc2[nH]ccc2c1. The average Bonchev–Trinajstić information content (AvgIpc) is 2.96. The van der Waals surface area contributed by atoms with Crippen LogP contribution in [0.25, 0.3) is 17.0 Å². The third kappa shape index (κ3) is 2.83. The second-order valence-corrected chi connectivity index (χ2v) is 5.04. The summed E-state index contributed by atoms with van der Waals surface area (Å²) in [5, 5.41) is 1.28. The summed E-state index contributed by atoms with van der Waals surface area (Å²) in [6.45, 7) is 0. The van der Waals surface area contributed by atoms with Crippen LogP contribution in [0.3, 0.4) is 0 Å². The first kappa shape index (κ1) is 11.9. The lowest BCUT2D eigenvalue weighted by molar-refractivity contribution is 1.32. The van der Waals surface area contributed by atoms with E-state index >= 15 is 0 Å². The van der Waals surface area contributed by atoms with Gasteiger partial charge in [-0.15, -0.1) is 0 Å². The fourth-order valence-electron chi connectivity index (χ4n) is 1.93. The Morgan fingerprint density at radius 3 is 2.58 bits per heavy atom. The number of H-pyrrole nitrogens is 1. The van der Waals surface area contributed by atoms with Crippen LogP contribution in [-0.2, 0) is 0 Å². The molecule has 0 spiro atoms. The van der Waals surface area contributed by atoms with E-state index in [9.17, 15) is 0 Å². The standard InChI is InChI=1S/C8H7NS.C8H7N/c1-2-4-8-7(3-1)5-6-9-10-8;1-2-4-8-7(3-1)5-6-9-8/h1-6,9H;1-6,9H. The predicted molar refractivity (Wildman–Crippen MR) is 82.8 cm³/mol. The molecule has 0 aliphatic carbocycles. The molecule has 0 atom stereocenters. The molecule has 0 amide bonds. The zero-order valence-electron chi connectivity index (χ0n) is 10.3. The lowest BCUT2D eigenvalue weighted by Crippen LogP contribution is -1.96. The van der Waals surface area contributed by atoms with Gasteiger partial charge in [0.15, 0.2) is 0 Å². The van der Waals surface area contributed by atoms with Crippen LogP contribution in [0.1, 0.15) is 5.56 Å². The van der Waals surface area contributed by atoms with Gasteiger partial charge in [0.2, 0.25) is 0 Å². The van der Waals surface area contributed by atoms with Crippen LogP contribution in [0.4, 0.5) is 0 Å². The fraction of sp³-hybridized carbons (Fsp3) is 0. The smallest absolute Gasteiger partial charge is 0.0453 e. The maximum Gasteiger partial charge on any atom is 0.0453 e. The van der Waals surface area contributed by atoms with Gasteiger partial charge in [0.1, 0.15) is 0 Å². The molecule has 3 aromatic rings. The Kier molecular flexibility index (Phi) is 3.56. The van der Waals surface area contributed by atoms with Crippen molar-refractivity contribution in [3.8, 4) is 0 Å². The van der Waals surface area contributed by atoms with Crippen molar-refractivity contribution in [2.24, 2.45) is 0 Å². The van der Waals surface area contributed by atoms with Crippen molar-refractivity contribution < 1.29 is 0 Å². The molecular formula is C16H14N2S. The third-order valence-electron chi connectivity index (χ3n) is 2.88. The second-order valence-electron chi connectivity index (χ2n) is 4.16. The Balaban J connectivity index is 0.000000117. The summed E-state index contributed by atoms with van der Waals surface area (Å²) in [5.74, 6) is 0. The topological polar surface area (TPSA) is 27.8 Å². The quantitative estimate of drug-likeness (QED) is 0.589. The Bertz CT molecular complexity index is 670. The minimum absolute atomic E-state index is 1.21. The van der Waals surface area contributed by atoms with E-state index in [1.54, 1.807) is 11.9 Å². The molecule has 1 aliphatic rings. The number of aromatic nitrogens is 1. The summed E-state index contributed by atoms with van der Waals surface area (Å²) in [6, 6.07) is 18.6. The van der Waals surface area contributed by atoms with Gasteiger partial charge in [-0.05, 0) is 47.2 Å². The Morgan fingerprint density at radius 2 is 1.68 bits per heavy atom. The van der Waals surface area contributed by atoms with Crippen molar-refractivity contribution in [1.29, 1.82) is 0 Å². The Labute approximate surface area is 116 Å². The van der Waals surface area contributed by atoms with E-state index in [1.807, 2.05) is 30.6 Å². The molecule has 94 valence electrons. The van der Waals surface area contributed by atoms with Crippen LogP contribution in [0.2, 0.25) is 0 Å². The number of aromatic amines is 1. The highest BCUT2D eigenvalue weighted by atomic mass is 32.2. The molecule has 0 bridgehead atoms. The summed E-state index contributed by atoms with van der Waals surface area (Å²) >= 11 is 1.65. The van der Waals surface area contributed by atoms with Gasteiger partial charge in [0.25, 0.3) is 0 Å². The van der Waals surface area contributed by atoms with Crippen molar-refractivity contribution >= 4 is 28.9 Å². The second kappa shape index (κ2) is 5.67. The highest BCUT2D eigenvalue weighted by Crippen LogP contribution is 2.23. The van der Waals surface area contributed by atoms with Gasteiger partial charge in [-0.1, -0.05) is 36.4 Å². The zero-order valence-corrected chi connectivity index (χ0v) is 11.2. The number of nitrogens with one attached hydrogen (secondary N) is 2. The van der Waals surface area contributed by atoms with Crippen LogP contribution in [0.5, 0.6) is 0 Å². The highest BCUT2D eigenvalue weighted by molar-refractivity contribution is 7.97. The largest absolute Gasteiger partial charge is 0.361 e. The molecule has 0 radical (unpaired) electrons. The van der Waals surface area contributed by atoms with E-state index in [2.05, 4.69) is 52.2 Å². The molecule has 2 heterocycles. The van der Waals surface area contributed by atoms with Crippen LogP contribution in [0, 0.1) is 0 Å². The molecule has 2 nitrogen and oxygen atoms in total. The van der Waals surface area contributed by atoms with Crippen molar-refractivity contribution in [2.75, 3.05) is 0 Å². The number of rotatable bonds is 0. The van der Waals surface area contributed by atoms with E-state index in [4.69, 9.17) is 0 Å². The number of para-hydroxylation sites is 1. The van der Waals surface area contributed by atoms with Crippen LogP contribution in [0.15, 0.2) is 71.9 Å². The molecule has 2 N–H and O–H groups in total. The summed E-state index contributed by atoms with van der Waals surface area (Å²) in [5.41, 5.74) is 2.50. The van der Waals surface area contributed by atoms with E-state index < -0.39 is 0 Å². The van der Waals surface area contributed by atoms with E-state index in [0.29, 0.717) is 0 Å². The van der Waals surface area contributed by atoms with Gasteiger partial charge in [0.05, 0.1) is 0 Å². The summed E-state index contributed by atoms with van der Waals surface area (Å²) < 4.78 is 3.08. The van der Waals surface area contributed by atoms with Crippen molar-refractivity contribution in [2.45, 2.75) is 4.90 Å². The molecule has 3 heteroatoms. The van der Waals surface area contributed by atoms with Gasteiger partial charge in [-0.3, -0.25) is 0 Å². The Hall–Kier alpha value is -2.13. The molecule has 4 rings (SSSR count). The molecule has 19 heavy (non-hydrogen) atoms. The predicted octanol–water partition coefficient (Wildman–Crippen LogP) is 4.44. The zero-order chi connectivity index (χ0) is 12.9. The molecule has 0 saturated carbocycles. The van der Waals surface area contributed by atoms with E-state index in [0.717, 1.165) is 0 Å². The molecule has 0 saturated heterocycles. The van der Waals surface area contributed by atoms with E-state index in [-0.39, 0.29) is 0 Å². The normalized spacial score (nSPS) is 12.2.